The molecule has 1 heterocycles. The van der Waals surface area contributed by atoms with E-state index in [1.54, 1.807) is 6.07 Å². The van der Waals surface area contributed by atoms with Crippen LogP contribution in [0.5, 0.6) is 0 Å². The Morgan fingerprint density at radius 2 is 1.81 bits per heavy atom. The molecule has 0 spiro atoms. The number of hydrogen-bond donors (Lipinski definition) is 1. The molecule has 0 saturated carbocycles. The van der Waals surface area contributed by atoms with Gasteiger partial charge >= 0.3 is 5.97 Å². The predicted molar refractivity (Wildman–Crippen MR) is 83.6 cm³/mol. The van der Waals surface area contributed by atoms with E-state index < -0.39 is 5.97 Å². The van der Waals surface area contributed by atoms with Gasteiger partial charge in [0.2, 0.25) is 0 Å². The lowest BCUT2D eigenvalue weighted by molar-refractivity contribution is -0.133. The fourth-order valence-electron chi connectivity index (χ4n) is 3.07. The second-order valence-electron chi connectivity index (χ2n) is 6.71. The van der Waals surface area contributed by atoms with Crippen molar-refractivity contribution in [3.05, 3.63) is 23.8 Å². The molecule has 5 nitrogen and oxygen atoms in total. The molecule has 2 N–H and O–H groups in total. The number of esters is 1. The maximum Gasteiger partial charge on any atom is 0.340 e. The van der Waals surface area contributed by atoms with E-state index in [9.17, 15) is 4.79 Å². The molecule has 1 aliphatic rings. The van der Waals surface area contributed by atoms with E-state index in [4.69, 9.17) is 15.2 Å². The van der Waals surface area contributed by atoms with Crippen molar-refractivity contribution < 1.29 is 14.3 Å². The van der Waals surface area contributed by atoms with Crippen molar-refractivity contribution in [2.45, 2.75) is 38.9 Å². The van der Waals surface area contributed by atoms with E-state index in [0.717, 1.165) is 5.69 Å². The molecule has 116 valence electrons. The number of ether oxygens (including phenoxy) is 2. The number of anilines is 2. The van der Waals surface area contributed by atoms with Gasteiger partial charge in [-0.2, -0.15) is 0 Å². The van der Waals surface area contributed by atoms with Gasteiger partial charge in [-0.25, -0.2) is 4.79 Å². The highest BCUT2D eigenvalue weighted by molar-refractivity contribution is 5.98. The fraction of sp³-hybridized carbons (Fsp3) is 0.562. The van der Waals surface area contributed by atoms with Gasteiger partial charge in [0.25, 0.3) is 0 Å². The summed E-state index contributed by atoms with van der Waals surface area (Å²) in [4.78, 5) is 14.0. The van der Waals surface area contributed by atoms with Gasteiger partial charge in [-0.1, -0.05) is 6.07 Å². The molecular weight excluding hydrogens is 268 g/mol. The highest BCUT2D eigenvalue weighted by Crippen LogP contribution is 2.35. The third kappa shape index (κ3) is 3.29. The number of carbonyl (C=O) groups excluding carboxylic acids is 1. The lowest BCUT2D eigenvalue weighted by atomic mass is 9.97. The van der Waals surface area contributed by atoms with Crippen LogP contribution in [0.2, 0.25) is 0 Å². The van der Waals surface area contributed by atoms with Crippen molar-refractivity contribution in [1.82, 2.24) is 0 Å². The molecule has 0 aromatic heterocycles. The Morgan fingerprint density at radius 3 is 2.33 bits per heavy atom. The molecule has 0 atom stereocenters. The van der Waals surface area contributed by atoms with Crippen LogP contribution in [0.4, 0.5) is 11.4 Å². The summed E-state index contributed by atoms with van der Waals surface area (Å²) in [6.07, 6.45) is 0. The van der Waals surface area contributed by atoms with Crippen LogP contribution in [0, 0.1) is 0 Å². The van der Waals surface area contributed by atoms with Crippen molar-refractivity contribution in [1.29, 1.82) is 0 Å². The molecule has 0 amide bonds. The van der Waals surface area contributed by atoms with E-state index >= 15 is 0 Å². The van der Waals surface area contributed by atoms with Crippen molar-refractivity contribution >= 4 is 17.3 Å². The highest BCUT2D eigenvalue weighted by atomic mass is 16.5. The predicted octanol–water partition coefficient (Wildman–Crippen LogP) is 2.45. The summed E-state index contributed by atoms with van der Waals surface area (Å²) < 4.78 is 10.9. The van der Waals surface area contributed by atoms with E-state index in [2.05, 4.69) is 32.6 Å². The van der Waals surface area contributed by atoms with Gasteiger partial charge in [0.15, 0.2) is 0 Å². The first kappa shape index (κ1) is 15.6. The van der Waals surface area contributed by atoms with Crippen LogP contribution in [0.15, 0.2) is 18.2 Å². The summed E-state index contributed by atoms with van der Waals surface area (Å²) in [6.45, 7) is 9.65. The number of morpholine rings is 1. The van der Waals surface area contributed by atoms with Crippen molar-refractivity contribution in [3.8, 4) is 0 Å². The number of benzene rings is 1. The summed E-state index contributed by atoms with van der Waals surface area (Å²) >= 11 is 0. The van der Waals surface area contributed by atoms with Crippen LogP contribution in [-0.2, 0) is 9.47 Å². The minimum absolute atomic E-state index is 0.282. The monoisotopic (exact) mass is 292 g/mol. The molecule has 21 heavy (non-hydrogen) atoms. The fourth-order valence-corrected chi connectivity index (χ4v) is 3.07. The molecular formula is C16H24N2O3. The molecule has 1 aromatic carbocycles. The van der Waals surface area contributed by atoms with Gasteiger partial charge in [0.1, 0.15) is 0 Å². The maximum absolute atomic E-state index is 11.8. The highest BCUT2D eigenvalue weighted by Gasteiger charge is 2.38. The molecule has 2 rings (SSSR count). The van der Waals surface area contributed by atoms with Crippen LogP contribution in [-0.4, -0.2) is 37.4 Å². The van der Waals surface area contributed by atoms with Crippen LogP contribution < -0.4 is 10.6 Å². The van der Waals surface area contributed by atoms with Crippen molar-refractivity contribution in [3.63, 3.8) is 0 Å². The number of rotatable bonds is 2. The first-order valence-corrected chi connectivity index (χ1v) is 7.07. The third-order valence-corrected chi connectivity index (χ3v) is 3.52. The van der Waals surface area contributed by atoms with Gasteiger partial charge in [-0.15, -0.1) is 0 Å². The Kier molecular flexibility index (Phi) is 3.89. The molecule has 1 saturated heterocycles. The number of nitrogens with zero attached hydrogens (tertiary/aromatic N) is 1. The van der Waals surface area contributed by atoms with E-state index in [1.807, 2.05) is 12.1 Å². The normalized spacial score (nSPS) is 20.1. The summed E-state index contributed by atoms with van der Waals surface area (Å²) in [6, 6.07) is 5.44. The van der Waals surface area contributed by atoms with E-state index in [1.165, 1.54) is 7.11 Å². The Labute approximate surface area is 126 Å². The number of methoxy groups -OCH3 is 1. The Bertz CT molecular complexity index is 536. The van der Waals surface area contributed by atoms with Crippen molar-refractivity contribution in [2.75, 3.05) is 30.8 Å². The summed E-state index contributed by atoms with van der Waals surface area (Å²) in [5.41, 5.74) is 7.33. The standard InChI is InChI=1S/C16H24N2O3/c1-15(2)9-18(10-16(3,4)21-15)12-8-6-7-11(13(12)17)14(19)20-5/h6-8H,9-10,17H2,1-5H3. The Balaban J connectivity index is 2.40. The second kappa shape index (κ2) is 5.22. The summed E-state index contributed by atoms with van der Waals surface area (Å²) in [7, 11) is 1.36. The van der Waals surface area contributed by atoms with Gasteiger partial charge < -0.3 is 20.1 Å². The molecule has 0 bridgehead atoms. The minimum Gasteiger partial charge on any atom is -0.465 e. The van der Waals surface area contributed by atoms with E-state index in [-0.39, 0.29) is 11.2 Å². The average Bonchev–Trinajstić information content (AvgIpc) is 2.34. The first-order chi connectivity index (χ1) is 9.65. The number of nitrogen functional groups attached to an aromatic ring is 1. The molecule has 0 aliphatic carbocycles. The van der Waals surface area contributed by atoms with Crippen LogP contribution in [0.1, 0.15) is 38.1 Å². The number of carbonyl (C=O) groups is 1. The lowest BCUT2D eigenvalue weighted by Gasteiger charge is -2.48. The van der Waals surface area contributed by atoms with Gasteiger partial charge in [-0.3, -0.25) is 0 Å². The number of nitrogens with two attached hydrogens (primary N) is 1. The second-order valence-corrected chi connectivity index (χ2v) is 6.71. The molecule has 0 radical (unpaired) electrons. The Morgan fingerprint density at radius 1 is 1.24 bits per heavy atom. The first-order valence-electron chi connectivity index (χ1n) is 7.07. The zero-order valence-electron chi connectivity index (χ0n) is 13.4. The van der Waals surface area contributed by atoms with Crippen LogP contribution in [0.25, 0.3) is 0 Å². The van der Waals surface area contributed by atoms with Gasteiger partial charge in [0.05, 0.1) is 35.3 Å². The van der Waals surface area contributed by atoms with Gasteiger partial charge in [-0.05, 0) is 39.8 Å². The molecule has 1 aromatic rings. The topological polar surface area (TPSA) is 64.8 Å². The molecule has 5 heteroatoms. The average molecular weight is 292 g/mol. The quantitative estimate of drug-likeness (QED) is 0.670. The molecule has 1 fully saturated rings. The van der Waals surface area contributed by atoms with Crippen LogP contribution in [0.3, 0.4) is 0 Å². The number of hydrogen-bond acceptors (Lipinski definition) is 5. The largest absolute Gasteiger partial charge is 0.465 e. The minimum atomic E-state index is -0.416. The SMILES string of the molecule is COC(=O)c1cccc(N2CC(C)(C)OC(C)(C)C2)c1N. The molecule has 1 aliphatic heterocycles. The van der Waals surface area contributed by atoms with Crippen molar-refractivity contribution in [2.24, 2.45) is 0 Å². The van der Waals surface area contributed by atoms with Gasteiger partial charge in [0, 0.05) is 13.1 Å². The summed E-state index contributed by atoms with van der Waals surface area (Å²) in [5, 5.41) is 0. The smallest absolute Gasteiger partial charge is 0.340 e. The molecule has 0 unspecified atom stereocenters. The maximum atomic E-state index is 11.8. The summed E-state index contributed by atoms with van der Waals surface area (Å²) in [5.74, 6) is -0.416. The zero-order valence-corrected chi connectivity index (χ0v) is 13.4. The number of para-hydroxylation sites is 1. The zero-order chi connectivity index (χ0) is 15.8. The third-order valence-electron chi connectivity index (χ3n) is 3.52. The van der Waals surface area contributed by atoms with E-state index in [0.29, 0.717) is 24.3 Å². The van der Waals surface area contributed by atoms with Crippen LogP contribution >= 0.6 is 0 Å². The lowest BCUT2D eigenvalue weighted by Crippen LogP contribution is -2.57. The Hall–Kier alpha value is -1.75.